The van der Waals surface area contributed by atoms with Crippen molar-refractivity contribution in [3.63, 3.8) is 0 Å². The van der Waals surface area contributed by atoms with Gasteiger partial charge in [-0.3, -0.25) is 9.78 Å². The van der Waals surface area contributed by atoms with Gasteiger partial charge in [-0.2, -0.15) is 0 Å². The van der Waals surface area contributed by atoms with Gasteiger partial charge in [-0.05, 0) is 61.4 Å². The van der Waals surface area contributed by atoms with Crippen LogP contribution in [-0.4, -0.2) is 10.8 Å². The van der Waals surface area contributed by atoms with Crippen molar-refractivity contribution in [1.29, 1.82) is 0 Å². The number of pyridine rings is 1. The second kappa shape index (κ2) is 6.50. The summed E-state index contributed by atoms with van der Waals surface area (Å²) in [6, 6.07) is 10.1. The number of carbonyl (C=O) groups excluding carboxylic acids is 1. The van der Waals surface area contributed by atoms with E-state index in [1.165, 1.54) is 0 Å². The molecule has 0 amide bonds. The van der Waals surface area contributed by atoms with Crippen molar-refractivity contribution in [3.05, 3.63) is 58.2 Å². The Kier molecular flexibility index (Phi) is 4.44. The third-order valence-corrected chi connectivity index (χ3v) is 4.79. The molecule has 4 heteroatoms. The van der Waals surface area contributed by atoms with Crippen molar-refractivity contribution in [3.8, 4) is 5.75 Å². The van der Waals surface area contributed by atoms with Crippen LogP contribution in [0, 0.1) is 13.8 Å². The lowest BCUT2D eigenvalue weighted by molar-refractivity contribution is -0.116. The topological polar surface area (TPSA) is 39.2 Å². The monoisotopic (exact) mass is 325 g/mol. The summed E-state index contributed by atoms with van der Waals surface area (Å²) in [5, 5.41) is 3.20. The molecule has 0 bridgehead atoms. The van der Waals surface area contributed by atoms with Gasteiger partial charge in [0.25, 0.3) is 0 Å². The minimum atomic E-state index is 0.187. The maximum Gasteiger partial charge on any atom is 0.134 e. The molecule has 3 aromatic rings. The van der Waals surface area contributed by atoms with E-state index in [0.717, 1.165) is 38.4 Å². The first-order chi connectivity index (χ1) is 11.0. The van der Waals surface area contributed by atoms with Crippen LogP contribution in [-0.2, 0) is 17.8 Å². The van der Waals surface area contributed by atoms with Gasteiger partial charge in [-0.25, -0.2) is 0 Å². The highest BCUT2D eigenvalue weighted by atomic mass is 32.1. The van der Waals surface area contributed by atoms with E-state index in [1.807, 2.05) is 38.1 Å². The van der Waals surface area contributed by atoms with Gasteiger partial charge in [0.2, 0.25) is 0 Å². The SMILES string of the molecule is CC(=O)Cc1csc2cc(OCc3ccc(C)nc3C)ccc12. The molecule has 2 heterocycles. The minimum Gasteiger partial charge on any atom is -0.489 e. The zero-order valence-corrected chi connectivity index (χ0v) is 14.4. The Labute approximate surface area is 139 Å². The first kappa shape index (κ1) is 15.7. The van der Waals surface area contributed by atoms with Crippen molar-refractivity contribution in [2.75, 3.05) is 0 Å². The molecule has 3 rings (SSSR count). The van der Waals surface area contributed by atoms with Crippen LogP contribution in [0.25, 0.3) is 10.1 Å². The molecule has 3 nitrogen and oxygen atoms in total. The van der Waals surface area contributed by atoms with Crippen LogP contribution >= 0.6 is 11.3 Å². The molecular formula is C19H19NO2S. The fraction of sp³-hybridized carbons (Fsp3) is 0.263. The maximum atomic E-state index is 11.3. The van der Waals surface area contributed by atoms with Gasteiger partial charge in [0, 0.05) is 28.1 Å². The maximum absolute atomic E-state index is 11.3. The largest absolute Gasteiger partial charge is 0.489 e. The van der Waals surface area contributed by atoms with Crippen LogP contribution in [0.1, 0.15) is 29.4 Å². The summed E-state index contributed by atoms with van der Waals surface area (Å²) in [6.07, 6.45) is 0.494. The number of aryl methyl sites for hydroxylation is 2. The van der Waals surface area contributed by atoms with Gasteiger partial charge in [0.1, 0.15) is 18.1 Å². The fourth-order valence-corrected chi connectivity index (χ4v) is 3.58. The molecule has 1 aromatic carbocycles. The van der Waals surface area contributed by atoms with Crippen molar-refractivity contribution in [2.24, 2.45) is 0 Å². The fourth-order valence-electron chi connectivity index (χ4n) is 2.59. The summed E-state index contributed by atoms with van der Waals surface area (Å²) in [4.78, 5) is 15.8. The number of hydrogen-bond donors (Lipinski definition) is 0. The minimum absolute atomic E-state index is 0.187. The van der Waals surface area contributed by atoms with Crippen LogP contribution in [0.4, 0.5) is 0 Å². The lowest BCUT2D eigenvalue weighted by Crippen LogP contribution is -2.00. The lowest BCUT2D eigenvalue weighted by Gasteiger charge is -2.09. The molecular weight excluding hydrogens is 306 g/mol. The second-order valence-corrected chi connectivity index (χ2v) is 6.69. The third-order valence-electron chi connectivity index (χ3n) is 3.80. The predicted octanol–water partition coefficient (Wildman–Crippen LogP) is 4.62. The zero-order chi connectivity index (χ0) is 16.4. The Morgan fingerprint density at radius 3 is 2.74 bits per heavy atom. The standard InChI is InChI=1S/C19H19NO2S/c1-12-4-5-15(14(3)20-12)10-22-17-6-7-18-16(8-13(2)21)11-23-19(18)9-17/h4-7,9,11H,8,10H2,1-3H3. The Bertz CT molecular complexity index is 867. The highest BCUT2D eigenvalue weighted by molar-refractivity contribution is 7.17. The quantitative estimate of drug-likeness (QED) is 0.687. The normalized spacial score (nSPS) is 10.9. The molecule has 0 fully saturated rings. The first-order valence-corrected chi connectivity index (χ1v) is 8.46. The molecule has 2 aromatic heterocycles. The Morgan fingerprint density at radius 2 is 2.00 bits per heavy atom. The van der Waals surface area contributed by atoms with E-state index in [2.05, 4.69) is 16.4 Å². The number of thiophene rings is 1. The second-order valence-electron chi connectivity index (χ2n) is 5.78. The van der Waals surface area contributed by atoms with Gasteiger partial charge >= 0.3 is 0 Å². The average Bonchev–Trinajstić information content (AvgIpc) is 2.88. The predicted molar refractivity (Wildman–Crippen MR) is 94.3 cm³/mol. The number of ether oxygens (including phenoxy) is 1. The zero-order valence-electron chi connectivity index (χ0n) is 13.6. The summed E-state index contributed by atoms with van der Waals surface area (Å²) in [7, 11) is 0. The number of hydrogen-bond acceptors (Lipinski definition) is 4. The average molecular weight is 325 g/mol. The lowest BCUT2D eigenvalue weighted by atomic mass is 10.1. The molecule has 23 heavy (non-hydrogen) atoms. The molecule has 118 valence electrons. The van der Waals surface area contributed by atoms with Crippen molar-refractivity contribution < 1.29 is 9.53 Å². The number of Topliss-reactive ketones (excluding diaryl/α,β-unsaturated/α-hetero) is 1. The Morgan fingerprint density at radius 1 is 1.17 bits per heavy atom. The molecule has 0 aliphatic rings. The van der Waals surface area contributed by atoms with E-state index in [1.54, 1.807) is 18.3 Å². The molecule has 0 saturated heterocycles. The van der Waals surface area contributed by atoms with Crippen LogP contribution in [0.2, 0.25) is 0 Å². The molecule has 0 atom stereocenters. The van der Waals surface area contributed by atoms with Crippen LogP contribution in [0.15, 0.2) is 35.7 Å². The van der Waals surface area contributed by atoms with Gasteiger partial charge < -0.3 is 4.74 Å². The Balaban J connectivity index is 1.77. The number of nitrogens with zero attached hydrogens (tertiary/aromatic N) is 1. The van der Waals surface area contributed by atoms with Crippen molar-refractivity contribution in [1.82, 2.24) is 4.98 Å². The first-order valence-electron chi connectivity index (χ1n) is 7.58. The molecule has 0 N–H and O–H groups in total. The van der Waals surface area contributed by atoms with E-state index >= 15 is 0 Å². The molecule has 0 aliphatic heterocycles. The van der Waals surface area contributed by atoms with Crippen LogP contribution in [0.3, 0.4) is 0 Å². The number of rotatable bonds is 5. The van der Waals surface area contributed by atoms with Gasteiger partial charge in [-0.1, -0.05) is 6.07 Å². The summed E-state index contributed by atoms with van der Waals surface area (Å²) in [6.45, 7) is 6.12. The summed E-state index contributed by atoms with van der Waals surface area (Å²) >= 11 is 1.65. The summed E-state index contributed by atoms with van der Waals surface area (Å²) in [5.41, 5.74) is 4.22. The number of carbonyl (C=O) groups is 1. The van der Waals surface area contributed by atoms with E-state index < -0.39 is 0 Å². The van der Waals surface area contributed by atoms with Crippen LogP contribution < -0.4 is 4.74 Å². The number of ketones is 1. The summed E-state index contributed by atoms with van der Waals surface area (Å²) in [5.74, 6) is 1.03. The van der Waals surface area contributed by atoms with Crippen molar-refractivity contribution in [2.45, 2.75) is 33.8 Å². The van der Waals surface area contributed by atoms with Crippen LogP contribution in [0.5, 0.6) is 5.75 Å². The summed E-state index contributed by atoms with van der Waals surface area (Å²) < 4.78 is 7.06. The van der Waals surface area contributed by atoms with Gasteiger partial charge in [-0.15, -0.1) is 11.3 Å². The van der Waals surface area contributed by atoms with Gasteiger partial charge in [0.15, 0.2) is 0 Å². The smallest absolute Gasteiger partial charge is 0.134 e. The molecule has 0 aliphatic carbocycles. The van der Waals surface area contributed by atoms with E-state index in [0.29, 0.717) is 13.0 Å². The highest BCUT2D eigenvalue weighted by Crippen LogP contribution is 2.30. The number of fused-ring (bicyclic) bond motifs is 1. The number of benzene rings is 1. The molecule has 0 radical (unpaired) electrons. The Hall–Kier alpha value is -2.20. The molecule has 0 unspecified atom stereocenters. The van der Waals surface area contributed by atoms with E-state index in [9.17, 15) is 4.79 Å². The highest BCUT2D eigenvalue weighted by Gasteiger charge is 2.08. The van der Waals surface area contributed by atoms with Crippen molar-refractivity contribution >= 4 is 27.2 Å². The van der Waals surface area contributed by atoms with E-state index in [4.69, 9.17) is 4.74 Å². The molecule has 0 saturated carbocycles. The third kappa shape index (κ3) is 3.59. The number of aromatic nitrogens is 1. The van der Waals surface area contributed by atoms with E-state index in [-0.39, 0.29) is 5.78 Å². The molecule has 0 spiro atoms. The van der Waals surface area contributed by atoms with Gasteiger partial charge in [0.05, 0.1) is 0 Å².